The number of benzene rings is 2. The van der Waals surface area contributed by atoms with Crippen LogP contribution in [0.25, 0.3) is 21.9 Å². The number of carbonyl (C=O) groups excluding carboxylic acids is 1. The van der Waals surface area contributed by atoms with Crippen LogP contribution in [-0.2, 0) is 14.3 Å². The van der Waals surface area contributed by atoms with Crippen LogP contribution in [0.3, 0.4) is 0 Å². The molecule has 3 rings (SSSR count). The van der Waals surface area contributed by atoms with Crippen molar-refractivity contribution in [1.82, 2.24) is 0 Å². The first-order chi connectivity index (χ1) is 13.2. The van der Waals surface area contributed by atoms with E-state index in [1.165, 1.54) is 15.6 Å². The fourth-order valence-corrected chi connectivity index (χ4v) is 4.63. The summed E-state index contributed by atoms with van der Waals surface area (Å²) in [6, 6.07) is 14.7. The maximum absolute atomic E-state index is 12.8. The predicted molar refractivity (Wildman–Crippen MR) is 117 cm³/mol. The van der Waals surface area contributed by atoms with Gasteiger partial charge in [0, 0.05) is 20.9 Å². The molecular weight excluding hydrogens is 368 g/mol. The Hall–Kier alpha value is -2.17. The van der Waals surface area contributed by atoms with Crippen molar-refractivity contribution in [3.05, 3.63) is 57.8 Å². The van der Waals surface area contributed by atoms with Gasteiger partial charge in [0.1, 0.15) is 0 Å². The average molecular weight is 397 g/mol. The number of esters is 1. The Labute approximate surface area is 171 Å². The van der Waals surface area contributed by atoms with Gasteiger partial charge in [-0.2, -0.15) is 0 Å². The van der Waals surface area contributed by atoms with E-state index in [1.807, 2.05) is 39.8 Å². The second-order valence-electron chi connectivity index (χ2n) is 7.93. The molecule has 1 aromatic heterocycles. The summed E-state index contributed by atoms with van der Waals surface area (Å²) in [5.74, 6) is -0.333. The highest BCUT2D eigenvalue weighted by Crippen LogP contribution is 2.43. The molecule has 0 saturated heterocycles. The molecule has 0 N–H and O–H groups in total. The summed E-state index contributed by atoms with van der Waals surface area (Å²) < 4.78 is 11.6. The van der Waals surface area contributed by atoms with Gasteiger partial charge in [0.25, 0.3) is 0 Å². The van der Waals surface area contributed by atoms with Crippen molar-refractivity contribution in [1.29, 1.82) is 0 Å². The van der Waals surface area contributed by atoms with Gasteiger partial charge in [-0.3, -0.25) is 0 Å². The second-order valence-corrected chi connectivity index (χ2v) is 9.36. The molecule has 3 nitrogen and oxygen atoms in total. The minimum atomic E-state index is -0.744. The van der Waals surface area contributed by atoms with Crippen molar-refractivity contribution >= 4 is 28.1 Å². The maximum atomic E-state index is 12.8. The minimum absolute atomic E-state index is 0.330. The summed E-state index contributed by atoms with van der Waals surface area (Å²) in [6.07, 6.45) is -0.744. The maximum Gasteiger partial charge on any atom is 0.340 e. The first-order valence-corrected chi connectivity index (χ1v) is 10.5. The van der Waals surface area contributed by atoms with Crippen LogP contribution in [0.15, 0.2) is 42.5 Å². The lowest BCUT2D eigenvalue weighted by atomic mass is 9.94. The van der Waals surface area contributed by atoms with Crippen molar-refractivity contribution in [2.75, 3.05) is 6.61 Å². The molecule has 0 fully saturated rings. The first-order valence-electron chi connectivity index (χ1n) is 9.64. The molecular formula is C24H28O3S. The Bertz CT molecular complexity index is 995. The lowest BCUT2D eigenvalue weighted by molar-refractivity contribution is -0.166. The number of carbonyl (C=O) groups is 1. The fourth-order valence-electron chi connectivity index (χ4n) is 3.52. The van der Waals surface area contributed by atoms with E-state index in [9.17, 15) is 4.79 Å². The molecule has 0 amide bonds. The number of ether oxygens (including phenoxy) is 2. The summed E-state index contributed by atoms with van der Waals surface area (Å²) in [4.78, 5) is 15.1. The largest absolute Gasteiger partial charge is 0.464 e. The fraction of sp³-hybridized carbons (Fsp3) is 0.375. The summed E-state index contributed by atoms with van der Waals surface area (Å²) in [5.41, 5.74) is 2.63. The van der Waals surface area contributed by atoms with Gasteiger partial charge in [-0.15, -0.1) is 11.3 Å². The van der Waals surface area contributed by atoms with Crippen molar-refractivity contribution in [3.8, 4) is 11.1 Å². The van der Waals surface area contributed by atoms with Gasteiger partial charge in [-0.25, -0.2) is 4.79 Å². The van der Waals surface area contributed by atoms with E-state index in [0.717, 1.165) is 21.6 Å². The third kappa shape index (κ3) is 4.29. The van der Waals surface area contributed by atoms with Crippen molar-refractivity contribution < 1.29 is 14.3 Å². The molecule has 4 heteroatoms. The minimum Gasteiger partial charge on any atom is -0.464 e. The van der Waals surface area contributed by atoms with E-state index in [-0.39, 0.29) is 5.97 Å². The number of aryl methyl sites for hydroxylation is 2. The number of hydrogen-bond acceptors (Lipinski definition) is 4. The summed E-state index contributed by atoms with van der Waals surface area (Å²) in [7, 11) is 0. The molecule has 1 unspecified atom stereocenters. The van der Waals surface area contributed by atoms with Crippen LogP contribution in [0.5, 0.6) is 0 Å². The number of fused-ring (bicyclic) bond motifs is 1. The van der Waals surface area contributed by atoms with Crippen LogP contribution in [0.1, 0.15) is 49.1 Å². The topological polar surface area (TPSA) is 35.5 Å². The number of thiophene rings is 1. The lowest BCUT2D eigenvalue weighted by Gasteiger charge is -2.27. The lowest BCUT2D eigenvalue weighted by Crippen LogP contribution is -2.29. The van der Waals surface area contributed by atoms with Crippen LogP contribution in [0.4, 0.5) is 0 Å². The Morgan fingerprint density at radius 1 is 1.04 bits per heavy atom. The molecule has 0 saturated carbocycles. The van der Waals surface area contributed by atoms with Gasteiger partial charge in [0.05, 0.1) is 12.2 Å². The van der Waals surface area contributed by atoms with Crippen LogP contribution in [-0.4, -0.2) is 18.2 Å². The Balaban J connectivity index is 2.18. The molecule has 2 aromatic carbocycles. The molecule has 148 valence electrons. The summed E-state index contributed by atoms with van der Waals surface area (Å²) in [6.45, 7) is 12.2. The van der Waals surface area contributed by atoms with E-state index < -0.39 is 11.7 Å². The van der Waals surface area contributed by atoms with E-state index in [1.54, 1.807) is 11.3 Å². The van der Waals surface area contributed by atoms with Gasteiger partial charge in [0.2, 0.25) is 0 Å². The standard InChI is InChI=1S/C24H28O3S/c1-7-26-23(25)22(27-24(4,5)6)21-16(3)28-15(2)20(21)19-13-12-17-10-8-9-11-18(17)14-19/h8-14,22H,7H2,1-6H3. The quantitative estimate of drug-likeness (QED) is 0.456. The molecule has 0 spiro atoms. The molecule has 0 aliphatic carbocycles. The van der Waals surface area contributed by atoms with Crippen molar-refractivity contribution in [2.45, 2.75) is 53.2 Å². The molecule has 0 radical (unpaired) electrons. The highest BCUT2D eigenvalue weighted by atomic mass is 32.1. The van der Waals surface area contributed by atoms with Crippen LogP contribution < -0.4 is 0 Å². The average Bonchev–Trinajstić information content (AvgIpc) is 2.92. The molecule has 28 heavy (non-hydrogen) atoms. The zero-order valence-electron chi connectivity index (χ0n) is 17.5. The highest BCUT2D eigenvalue weighted by Gasteiger charge is 2.33. The smallest absolute Gasteiger partial charge is 0.340 e. The first kappa shape index (κ1) is 20.6. The van der Waals surface area contributed by atoms with Gasteiger partial charge >= 0.3 is 5.97 Å². The summed E-state index contributed by atoms with van der Waals surface area (Å²) in [5, 5.41) is 2.38. The Morgan fingerprint density at radius 2 is 1.71 bits per heavy atom. The molecule has 0 aliphatic rings. The molecule has 0 aliphatic heterocycles. The molecule has 0 bridgehead atoms. The molecule has 3 aromatic rings. The normalized spacial score (nSPS) is 12.9. The van der Waals surface area contributed by atoms with Gasteiger partial charge in [0.15, 0.2) is 6.10 Å². The van der Waals surface area contributed by atoms with E-state index in [2.05, 4.69) is 44.2 Å². The van der Waals surface area contributed by atoms with Crippen molar-refractivity contribution in [2.24, 2.45) is 0 Å². The Kier molecular flexibility index (Phi) is 5.92. The monoisotopic (exact) mass is 396 g/mol. The van der Waals surface area contributed by atoms with E-state index >= 15 is 0 Å². The Morgan fingerprint density at radius 3 is 2.36 bits per heavy atom. The zero-order valence-corrected chi connectivity index (χ0v) is 18.3. The molecule has 1 atom stereocenters. The number of rotatable bonds is 5. The summed E-state index contributed by atoms with van der Waals surface area (Å²) >= 11 is 1.70. The van der Waals surface area contributed by atoms with Crippen LogP contribution in [0.2, 0.25) is 0 Å². The van der Waals surface area contributed by atoms with Crippen molar-refractivity contribution in [3.63, 3.8) is 0 Å². The van der Waals surface area contributed by atoms with Gasteiger partial charge in [-0.1, -0.05) is 36.4 Å². The highest BCUT2D eigenvalue weighted by molar-refractivity contribution is 7.12. The second kappa shape index (κ2) is 8.06. The predicted octanol–water partition coefficient (Wildman–Crippen LogP) is 6.60. The van der Waals surface area contributed by atoms with Gasteiger partial charge < -0.3 is 9.47 Å². The van der Waals surface area contributed by atoms with Crippen LogP contribution in [0, 0.1) is 13.8 Å². The number of hydrogen-bond donors (Lipinski definition) is 0. The SMILES string of the molecule is CCOC(=O)C(OC(C)(C)C)c1c(C)sc(C)c1-c1ccc2ccccc2c1. The van der Waals surface area contributed by atoms with Crippen LogP contribution >= 0.6 is 11.3 Å². The third-order valence-corrected chi connectivity index (χ3v) is 5.62. The molecule has 1 heterocycles. The third-order valence-electron chi connectivity index (χ3n) is 4.58. The zero-order chi connectivity index (χ0) is 20.5. The van der Waals surface area contributed by atoms with Gasteiger partial charge in [-0.05, 0) is 63.9 Å². The van der Waals surface area contributed by atoms with E-state index in [0.29, 0.717) is 6.61 Å². The van der Waals surface area contributed by atoms with E-state index in [4.69, 9.17) is 9.47 Å².